The van der Waals surface area contributed by atoms with Gasteiger partial charge in [-0.05, 0) is 60.1 Å². The van der Waals surface area contributed by atoms with Crippen LogP contribution < -0.4 is 20.1 Å². The van der Waals surface area contributed by atoms with E-state index in [0.29, 0.717) is 16.7 Å². The number of hydrogen-bond acceptors (Lipinski definition) is 6. The van der Waals surface area contributed by atoms with E-state index in [0.717, 1.165) is 5.69 Å². The standard InChI is InChI=1S/C21H23N5O3S2/c1-14(2)15-4-6-16(7-5-15)24-21(30)25-17-8-10-18(11-9-17)31(27,28)26-19-12-20(29-3)23-13-22-19/h4-14H,1-3H3,(H,22,23,26)(H2,24,25,30). The summed E-state index contributed by atoms with van der Waals surface area (Å²) in [6.45, 7) is 4.27. The topological polar surface area (TPSA) is 105 Å². The number of ether oxygens (including phenoxy) is 1. The van der Waals surface area contributed by atoms with Gasteiger partial charge in [0.05, 0.1) is 12.0 Å². The van der Waals surface area contributed by atoms with Crippen LogP contribution >= 0.6 is 12.2 Å². The molecule has 1 heterocycles. The highest BCUT2D eigenvalue weighted by molar-refractivity contribution is 7.92. The van der Waals surface area contributed by atoms with Crippen LogP contribution in [0, 0.1) is 0 Å². The van der Waals surface area contributed by atoms with Gasteiger partial charge in [-0.15, -0.1) is 0 Å². The second-order valence-corrected chi connectivity index (χ2v) is 9.02. The highest BCUT2D eigenvalue weighted by Gasteiger charge is 2.15. The van der Waals surface area contributed by atoms with E-state index in [1.807, 2.05) is 12.1 Å². The number of hydrogen-bond donors (Lipinski definition) is 3. The van der Waals surface area contributed by atoms with Crippen LogP contribution in [-0.4, -0.2) is 30.6 Å². The molecule has 0 spiro atoms. The highest BCUT2D eigenvalue weighted by Crippen LogP contribution is 2.20. The van der Waals surface area contributed by atoms with E-state index in [9.17, 15) is 8.42 Å². The quantitative estimate of drug-likeness (QED) is 0.453. The summed E-state index contributed by atoms with van der Waals surface area (Å²) in [5.74, 6) is 0.829. The van der Waals surface area contributed by atoms with Crippen molar-refractivity contribution in [3.8, 4) is 5.88 Å². The summed E-state index contributed by atoms with van der Waals surface area (Å²) >= 11 is 5.34. The first-order chi connectivity index (χ1) is 14.8. The number of benzene rings is 2. The Bertz CT molecular complexity index is 1150. The molecule has 31 heavy (non-hydrogen) atoms. The number of methoxy groups -OCH3 is 1. The molecular formula is C21H23N5O3S2. The zero-order chi connectivity index (χ0) is 22.4. The summed E-state index contributed by atoms with van der Waals surface area (Å²) in [6.07, 6.45) is 1.22. The van der Waals surface area contributed by atoms with Crippen LogP contribution in [0.3, 0.4) is 0 Å². The van der Waals surface area contributed by atoms with Gasteiger partial charge in [-0.2, -0.15) is 0 Å². The zero-order valence-corrected chi connectivity index (χ0v) is 18.9. The molecule has 0 unspecified atom stereocenters. The van der Waals surface area contributed by atoms with E-state index < -0.39 is 10.0 Å². The lowest BCUT2D eigenvalue weighted by Crippen LogP contribution is -2.19. The van der Waals surface area contributed by atoms with Crippen molar-refractivity contribution in [3.63, 3.8) is 0 Å². The van der Waals surface area contributed by atoms with E-state index in [1.54, 1.807) is 12.1 Å². The minimum absolute atomic E-state index is 0.0822. The first-order valence-electron chi connectivity index (χ1n) is 9.44. The van der Waals surface area contributed by atoms with Crippen LogP contribution in [0.4, 0.5) is 17.2 Å². The molecule has 3 N–H and O–H groups in total. The van der Waals surface area contributed by atoms with E-state index in [1.165, 1.54) is 37.2 Å². The largest absolute Gasteiger partial charge is 0.481 e. The summed E-state index contributed by atoms with van der Waals surface area (Å²) in [4.78, 5) is 7.82. The van der Waals surface area contributed by atoms with Crippen molar-refractivity contribution < 1.29 is 13.2 Å². The number of nitrogens with one attached hydrogen (secondary N) is 3. The SMILES string of the molecule is COc1cc(NS(=O)(=O)c2ccc(NC(=S)Nc3ccc(C(C)C)cc3)cc2)ncn1. The van der Waals surface area contributed by atoms with Gasteiger partial charge in [-0.25, -0.2) is 18.4 Å². The molecule has 8 nitrogen and oxygen atoms in total. The third-order valence-corrected chi connectivity index (χ3v) is 5.92. The lowest BCUT2D eigenvalue weighted by atomic mass is 10.0. The molecule has 0 radical (unpaired) electrons. The fourth-order valence-corrected chi connectivity index (χ4v) is 3.90. The van der Waals surface area contributed by atoms with Crippen LogP contribution in [0.25, 0.3) is 0 Å². The summed E-state index contributed by atoms with van der Waals surface area (Å²) in [7, 11) is -2.38. The van der Waals surface area contributed by atoms with Crippen LogP contribution in [0.15, 0.2) is 65.8 Å². The van der Waals surface area contributed by atoms with E-state index in [2.05, 4.69) is 51.3 Å². The van der Waals surface area contributed by atoms with Crippen LogP contribution in [-0.2, 0) is 10.0 Å². The maximum absolute atomic E-state index is 12.6. The molecule has 0 saturated heterocycles. The Hall–Kier alpha value is -3.24. The Morgan fingerprint density at radius 2 is 1.55 bits per heavy atom. The number of thiocarbonyl (C=S) groups is 1. The lowest BCUT2D eigenvalue weighted by Gasteiger charge is -2.13. The summed E-state index contributed by atoms with van der Waals surface area (Å²) in [5.41, 5.74) is 2.76. The first-order valence-corrected chi connectivity index (χ1v) is 11.3. The molecule has 0 saturated carbocycles. The van der Waals surface area contributed by atoms with Gasteiger partial charge < -0.3 is 15.4 Å². The van der Waals surface area contributed by atoms with Gasteiger partial charge in [0.1, 0.15) is 12.1 Å². The predicted molar refractivity (Wildman–Crippen MR) is 126 cm³/mol. The number of nitrogens with zero attached hydrogens (tertiary/aromatic N) is 2. The van der Waals surface area contributed by atoms with Gasteiger partial charge in [0.2, 0.25) is 5.88 Å². The summed E-state index contributed by atoms with van der Waals surface area (Å²) in [5, 5.41) is 6.55. The maximum Gasteiger partial charge on any atom is 0.263 e. The van der Waals surface area contributed by atoms with Crippen molar-refractivity contribution in [2.24, 2.45) is 0 Å². The average Bonchev–Trinajstić information content (AvgIpc) is 2.74. The monoisotopic (exact) mass is 457 g/mol. The predicted octanol–water partition coefficient (Wildman–Crippen LogP) is 4.22. The molecular weight excluding hydrogens is 434 g/mol. The highest BCUT2D eigenvalue weighted by atomic mass is 32.2. The van der Waals surface area contributed by atoms with Crippen molar-refractivity contribution in [3.05, 3.63) is 66.5 Å². The lowest BCUT2D eigenvalue weighted by molar-refractivity contribution is 0.397. The molecule has 0 aliphatic carbocycles. The third-order valence-electron chi connectivity index (χ3n) is 4.35. The number of anilines is 3. The molecule has 0 aliphatic rings. The summed E-state index contributed by atoms with van der Waals surface area (Å²) < 4.78 is 32.5. The molecule has 0 atom stereocenters. The zero-order valence-electron chi connectivity index (χ0n) is 17.3. The number of sulfonamides is 1. The van der Waals surface area contributed by atoms with Crippen LogP contribution in [0.2, 0.25) is 0 Å². The first kappa shape index (κ1) is 22.4. The van der Waals surface area contributed by atoms with Crippen molar-refractivity contribution in [1.82, 2.24) is 9.97 Å². The fourth-order valence-electron chi connectivity index (χ4n) is 2.67. The molecule has 3 rings (SSSR count). The summed E-state index contributed by atoms with van der Waals surface area (Å²) in [6, 6.07) is 15.6. The second kappa shape index (κ2) is 9.71. The van der Waals surface area contributed by atoms with Gasteiger partial charge in [0.15, 0.2) is 5.11 Å². The number of aromatic nitrogens is 2. The van der Waals surface area contributed by atoms with Crippen LogP contribution in [0.1, 0.15) is 25.3 Å². The Morgan fingerprint density at radius 1 is 0.968 bits per heavy atom. The van der Waals surface area contributed by atoms with E-state index in [-0.39, 0.29) is 16.6 Å². The van der Waals surface area contributed by atoms with Crippen molar-refractivity contribution >= 4 is 44.5 Å². The Kier molecular flexibility index (Phi) is 7.03. The van der Waals surface area contributed by atoms with Crippen molar-refractivity contribution in [2.45, 2.75) is 24.7 Å². The molecule has 0 aliphatic heterocycles. The van der Waals surface area contributed by atoms with Crippen LogP contribution in [0.5, 0.6) is 5.88 Å². The molecule has 162 valence electrons. The fraction of sp³-hybridized carbons (Fsp3) is 0.190. The van der Waals surface area contributed by atoms with E-state index >= 15 is 0 Å². The molecule has 0 bridgehead atoms. The van der Waals surface area contributed by atoms with Gasteiger partial charge in [0.25, 0.3) is 10.0 Å². The van der Waals surface area contributed by atoms with Crippen molar-refractivity contribution in [2.75, 3.05) is 22.5 Å². The van der Waals surface area contributed by atoms with Gasteiger partial charge in [-0.3, -0.25) is 4.72 Å². The normalized spacial score (nSPS) is 11.1. The maximum atomic E-state index is 12.6. The van der Waals surface area contributed by atoms with Gasteiger partial charge in [0, 0.05) is 17.4 Å². The molecule has 0 amide bonds. The van der Waals surface area contributed by atoms with Gasteiger partial charge >= 0.3 is 0 Å². The molecule has 0 fully saturated rings. The molecule has 3 aromatic rings. The second-order valence-electron chi connectivity index (χ2n) is 6.93. The Morgan fingerprint density at radius 3 is 2.10 bits per heavy atom. The molecule has 1 aromatic heterocycles. The minimum atomic E-state index is -3.82. The Labute approximate surface area is 187 Å². The number of rotatable bonds is 7. The smallest absolute Gasteiger partial charge is 0.263 e. The van der Waals surface area contributed by atoms with Gasteiger partial charge in [-0.1, -0.05) is 26.0 Å². The van der Waals surface area contributed by atoms with E-state index in [4.69, 9.17) is 17.0 Å². The minimum Gasteiger partial charge on any atom is -0.481 e. The average molecular weight is 458 g/mol. The third kappa shape index (κ3) is 6.12. The Balaban J connectivity index is 1.62. The van der Waals surface area contributed by atoms with Crippen molar-refractivity contribution in [1.29, 1.82) is 0 Å². The molecule has 10 heteroatoms. The molecule has 2 aromatic carbocycles.